The molecule has 1 amide bonds. The Balaban J connectivity index is 1.88. The smallest absolute Gasteiger partial charge is 0.229 e. The van der Waals surface area contributed by atoms with Crippen LogP contribution >= 0.6 is 23.2 Å². The number of hydrogen-bond acceptors (Lipinski definition) is 1. The summed E-state index contributed by atoms with van der Waals surface area (Å²) in [5.74, 6) is 0.216. The van der Waals surface area contributed by atoms with Gasteiger partial charge < -0.3 is 5.32 Å². The maximum atomic E-state index is 12.0. The molecule has 18 heavy (non-hydrogen) atoms. The fourth-order valence-corrected chi connectivity index (χ4v) is 2.69. The first-order valence-electron chi connectivity index (χ1n) is 6.08. The van der Waals surface area contributed by atoms with Crippen molar-refractivity contribution in [1.29, 1.82) is 0 Å². The van der Waals surface area contributed by atoms with Gasteiger partial charge in [-0.2, -0.15) is 0 Å². The van der Waals surface area contributed by atoms with Crippen molar-refractivity contribution in [2.24, 2.45) is 5.41 Å². The predicted octanol–water partition coefficient (Wildman–Crippen LogP) is 3.49. The second kappa shape index (κ2) is 4.75. The van der Waals surface area contributed by atoms with Crippen LogP contribution in [0.25, 0.3) is 0 Å². The number of amides is 1. The lowest BCUT2D eigenvalue weighted by Crippen LogP contribution is -2.35. The van der Waals surface area contributed by atoms with E-state index in [1.165, 1.54) is 5.56 Å². The molecule has 1 N–H and O–H groups in total. The third-order valence-electron chi connectivity index (χ3n) is 3.70. The molecule has 1 aliphatic rings. The minimum absolute atomic E-state index is 0.0599. The SMILES string of the molecule is CC(CNC(=O)C1(C)CC1(Cl)Cl)c1ccccc1. The van der Waals surface area contributed by atoms with E-state index < -0.39 is 9.75 Å². The Hall–Kier alpha value is -0.730. The van der Waals surface area contributed by atoms with Crippen LogP contribution < -0.4 is 5.32 Å². The van der Waals surface area contributed by atoms with E-state index in [0.717, 1.165) is 0 Å². The Morgan fingerprint density at radius 3 is 2.44 bits per heavy atom. The molecule has 2 rings (SSSR count). The van der Waals surface area contributed by atoms with Crippen LogP contribution in [0, 0.1) is 5.41 Å². The molecule has 98 valence electrons. The molecule has 4 heteroatoms. The zero-order chi connectivity index (χ0) is 13.4. The molecule has 1 aliphatic carbocycles. The number of nitrogens with one attached hydrogen (secondary N) is 1. The second-order valence-electron chi connectivity index (χ2n) is 5.24. The summed E-state index contributed by atoms with van der Waals surface area (Å²) in [4.78, 5) is 12.0. The van der Waals surface area contributed by atoms with Crippen LogP contribution in [0.4, 0.5) is 0 Å². The van der Waals surface area contributed by atoms with Gasteiger partial charge in [-0.05, 0) is 24.8 Å². The topological polar surface area (TPSA) is 29.1 Å². The number of carbonyl (C=O) groups excluding carboxylic acids is 1. The molecule has 0 spiro atoms. The van der Waals surface area contributed by atoms with Crippen molar-refractivity contribution in [3.8, 4) is 0 Å². The van der Waals surface area contributed by atoms with E-state index in [2.05, 4.69) is 24.4 Å². The Kier molecular flexibility index (Phi) is 3.61. The van der Waals surface area contributed by atoms with E-state index in [1.807, 2.05) is 18.2 Å². The maximum absolute atomic E-state index is 12.0. The quantitative estimate of drug-likeness (QED) is 0.843. The van der Waals surface area contributed by atoms with Crippen molar-refractivity contribution in [3.63, 3.8) is 0 Å². The summed E-state index contributed by atoms with van der Waals surface area (Å²) in [5, 5.41) is 2.93. The van der Waals surface area contributed by atoms with Crippen LogP contribution in [-0.4, -0.2) is 16.8 Å². The minimum atomic E-state index is -0.896. The third-order valence-corrected chi connectivity index (χ3v) is 4.80. The number of benzene rings is 1. The summed E-state index contributed by atoms with van der Waals surface area (Å²) in [6, 6.07) is 10.1. The maximum Gasteiger partial charge on any atom is 0.229 e. The van der Waals surface area contributed by atoms with Crippen molar-refractivity contribution < 1.29 is 4.79 Å². The molecule has 2 atom stereocenters. The molecule has 0 bridgehead atoms. The van der Waals surface area contributed by atoms with Crippen molar-refractivity contribution in [1.82, 2.24) is 5.32 Å². The predicted molar refractivity (Wildman–Crippen MR) is 75.0 cm³/mol. The molecule has 2 nitrogen and oxygen atoms in total. The molecular formula is C14H17Cl2NO. The molecule has 1 fully saturated rings. The van der Waals surface area contributed by atoms with E-state index in [1.54, 1.807) is 6.92 Å². The van der Waals surface area contributed by atoms with E-state index >= 15 is 0 Å². The van der Waals surface area contributed by atoms with Gasteiger partial charge in [-0.25, -0.2) is 0 Å². The first-order valence-corrected chi connectivity index (χ1v) is 6.83. The zero-order valence-corrected chi connectivity index (χ0v) is 12.1. The number of alkyl halides is 2. The van der Waals surface area contributed by atoms with Gasteiger partial charge in [-0.1, -0.05) is 37.3 Å². The Bertz CT molecular complexity index is 446. The highest BCUT2D eigenvalue weighted by Gasteiger charge is 2.67. The van der Waals surface area contributed by atoms with Gasteiger partial charge in [0.1, 0.15) is 4.33 Å². The first-order chi connectivity index (χ1) is 8.37. The fourth-order valence-electron chi connectivity index (χ4n) is 1.99. The summed E-state index contributed by atoms with van der Waals surface area (Å²) in [6.07, 6.45) is 0.522. The van der Waals surface area contributed by atoms with E-state index in [-0.39, 0.29) is 11.8 Å². The Morgan fingerprint density at radius 1 is 1.39 bits per heavy atom. The average molecular weight is 286 g/mol. The van der Waals surface area contributed by atoms with Gasteiger partial charge >= 0.3 is 0 Å². The molecular weight excluding hydrogens is 269 g/mol. The molecule has 1 aromatic rings. The lowest BCUT2D eigenvalue weighted by Gasteiger charge is -2.16. The standard InChI is InChI=1S/C14H17Cl2NO/c1-10(11-6-4-3-5-7-11)8-17-12(18)13(2)9-14(13,15)16/h3-7,10H,8-9H2,1-2H3,(H,17,18). The number of carbonyl (C=O) groups is 1. The largest absolute Gasteiger partial charge is 0.355 e. The highest BCUT2D eigenvalue weighted by Crippen LogP contribution is 2.63. The summed E-state index contributed by atoms with van der Waals surface area (Å²) >= 11 is 12.0. The van der Waals surface area contributed by atoms with Crippen LogP contribution in [0.5, 0.6) is 0 Å². The van der Waals surface area contributed by atoms with Gasteiger partial charge in [0.05, 0.1) is 5.41 Å². The molecule has 1 aromatic carbocycles. The Labute approximate surface area is 118 Å². The van der Waals surface area contributed by atoms with Gasteiger partial charge in [-0.15, -0.1) is 23.2 Å². The normalized spacial score (nSPS) is 26.4. The van der Waals surface area contributed by atoms with Crippen molar-refractivity contribution in [2.75, 3.05) is 6.54 Å². The van der Waals surface area contributed by atoms with Crippen molar-refractivity contribution in [3.05, 3.63) is 35.9 Å². The minimum Gasteiger partial charge on any atom is -0.355 e. The van der Waals surface area contributed by atoms with Gasteiger partial charge in [0.2, 0.25) is 5.91 Å². The fraction of sp³-hybridized carbons (Fsp3) is 0.500. The lowest BCUT2D eigenvalue weighted by molar-refractivity contribution is -0.125. The van der Waals surface area contributed by atoms with Crippen LogP contribution in [0.3, 0.4) is 0 Å². The van der Waals surface area contributed by atoms with E-state index in [4.69, 9.17) is 23.2 Å². The summed E-state index contributed by atoms with van der Waals surface area (Å²) < 4.78 is -0.896. The molecule has 0 aliphatic heterocycles. The van der Waals surface area contributed by atoms with Crippen LogP contribution in [0.15, 0.2) is 30.3 Å². The lowest BCUT2D eigenvalue weighted by atomic mass is 10.0. The average Bonchev–Trinajstić information content (AvgIpc) is 2.87. The third kappa shape index (κ3) is 2.50. The highest BCUT2D eigenvalue weighted by atomic mass is 35.5. The van der Waals surface area contributed by atoms with E-state index in [9.17, 15) is 4.79 Å². The Morgan fingerprint density at radius 2 is 1.94 bits per heavy atom. The van der Waals surface area contributed by atoms with Crippen LogP contribution in [0.1, 0.15) is 31.7 Å². The molecule has 0 heterocycles. The highest BCUT2D eigenvalue weighted by molar-refractivity contribution is 6.53. The number of rotatable bonds is 4. The van der Waals surface area contributed by atoms with Crippen molar-refractivity contribution in [2.45, 2.75) is 30.5 Å². The van der Waals surface area contributed by atoms with E-state index in [0.29, 0.717) is 13.0 Å². The van der Waals surface area contributed by atoms with Crippen molar-refractivity contribution >= 4 is 29.1 Å². The van der Waals surface area contributed by atoms with Crippen LogP contribution in [-0.2, 0) is 4.79 Å². The molecule has 2 unspecified atom stereocenters. The van der Waals surface area contributed by atoms with Gasteiger partial charge in [-0.3, -0.25) is 4.79 Å². The zero-order valence-electron chi connectivity index (χ0n) is 10.5. The van der Waals surface area contributed by atoms with Gasteiger partial charge in [0.15, 0.2) is 0 Å². The molecule has 1 saturated carbocycles. The molecule has 0 saturated heterocycles. The monoisotopic (exact) mass is 285 g/mol. The second-order valence-corrected chi connectivity index (χ2v) is 6.72. The number of hydrogen-bond donors (Lipinski definition) is 1. The first kappa shape index (κ1) is 13.7. The summed E-state index contributed by atoms with van der Waals surface area (Å²) in [6.45, 7) is 4.48. The number of halogens is 2. The van der Waals surface area contributed by atoms with Gasteiger partial charge in [0.25, 0.3) is 0 Å². The van der Waals surface area contributed by atoms with Crippen LogP contribution in [0.2, 0.25) is 0 Å². The molecule has 0 radical (unpaired) electrons. The summed E-state index contributed by atoms with van der Waals surface area (Å²) in [7, 11) is 0. The summed E-state index contributed by atoms with van der Waals surface area (Å²) in [5.41, 5.74) is 0.578. The molecule has 0 aromatic heterocycles. The van der Waals surface area contributed by atoms with Gasteiger partial charge in [0, 0.05) is 6.54 Å².